The van der Waals surface area contributed by atoms with Crippen molar-refractivity contribution in [2.75, 3.05) is 5.32 Å². The van der Waals surface area contributed by atoms with Crippen LogP contribution in [-0.4, -0.2) is 11.9 Å². The van der Waals surface area contributed by atoms with Gasteiger partial charge in [0, 0.05) is 5.69 Å². The molecular weight excluding hydrogens is 288 g/mol. The maximum absolute atomic E-state index is 11.9. The van der Waals surface area contributed by atoms with Gasteiger partial charge in [0.1, 0.15) is 0 Å². The minimum absolute atomic E-state index is 0.139. The number of rotatable bonds is 8. The van der Waals surface area contributed by atoms with E-state index in [0.717, 1.165) is 23.2 Å². The molecule has 2 rings (SSSR count). The van der Waals surface area contributed by atoms with E-state index in [1.807, 2.05) is 61.5 Å². The summed E-state index contributed by atoms with van der Waals surface area (Å²) in [6.07, 6.45) is 1.59. The SMILES string of the molecule is CCCC(N)C(=O)Nc1ccc(COCc2ccccc2)cc1. The van der Waals surface area contributed by atoms with Gasteiger partial charge in [-0.2, -0.15) is 0 Å². The van der Waals surface area contributed by atoms with Crippen LogP contribution < -0.4 is 11.1 Å². The topological polar surface area (TPSA) is 64.4 Å². The summed E-state index contributed by atoms with van der Waals surface area (Å²) in [7, 11) is 0. The number of nitrogens with two attached hydrogens (primary N) is 1. The quantitative estimate of drug-likeness (QED) is 0.784. The second-order valence-corrected chi connectivity index (χ2v) is 5.56. The first-order chi connectivity index (χ1) is 11.2. The Morgan fingerprint density at radius 3 is 2.26 bits per heavy atom. The zero-order chi connectivity index (χ0) is 16.5. The summed E-state index contributed by atoms with van der Waals surface area (Å²) in [5, 5.41) is 2.83. The Labute approximate surface area is 137 Å². The summed E-state index contributed by atoms with van der Waals surface area (Å²) in [5.41, 5.74) is 8.77. The summed E-state index contributed by atoms with van der Waals surface area (Å²) in [6.45, 7) is 3.14. The molecular formula is C19H24N2O2. The minimum Gasteiger partial charge on any atom is -0.372 e. The molecule has 0 saturated heterocycles. The Morgan fingerprint density at radius 2 is 1.65 bits per heavy atom. The largest absolute Gasteiger partial charge is 0.372 e. The molecule has 0 saturated carbocycles. The van der Waals surface area contributed by atoms with Gasteiger partial charge in [0.15, 0.2) is 0 Å². The first-order valence-electron chi connectivity index (χ1n) is 7.96. The highest BCUT2D eigenvalue weighted by Crippen LogP contribution is 2.12. The Hall–Kier alpha value is -2.17. The van der Waals surface area contributed by atoms with Crippen molar-refractivity contribution in [1.82, 2.24) is 0 Å². The molecule has 1 unspecified atom stereocenters. The number of benzene rings is 2. The summed E-state index contributed by atoms with van der Waals surface area (Å²) < 4.78 is 5.69. The van der Waals surface area contributed by atoms with Crippen LogP contribution >= 0.6 is 0 Å². The van der Waals surface area contributed by atoms with E-state index in [-0.39, 0.29) is 5.91 Å². The summed E-state index contributed by atoms with van der Waals surface area (Å²) >= 11 is 0. The van der Waals surface area contributed by atoms with Crippen molar-refractivity contribution in [3.63, 3.8) is 0 Å². The number of carbonyl (C=O) groups excluding carboxylic acids is 1. The van der Waals surface area contributed by atoms with Crippen molar-refractivity contribution < 1.29 is 9.53 Å². The standard InChI is InChI=1S/C19H24N2O2/c1-2-6-18(20)19(22)21-17-11-9-16(10-12-17)14-23-13-15-7-4-3-5-8-15/h3-5,7-12,18H,2,6,13-14,20H2,1H3,(H,21,22). The number of hydrogen-bond donors (Lipinski definition) is 2. The summed E-state index contributed by atoms with van der Waals surface area (Å²) in [6, 6.07) is 17.3. The first-order valence-corrected chi connectivity index (χ1v) is 7.96. The van der Waals surface area contributed by atoms with Crippen LogP contribution in [0.15, 0.2) is 54.6 Å². The molecule has 1 atom stereocenters. The van der Waals surface area contributed by atoms with Gasteiger partial charge in [0.05, 0.1) is 19.3 Å². The van der Waals surface area contributed by atoms with Gasteiger partial charge < -0.3 is 15.8 Å². The van der Waals surface area contributed by atoms with E-state index in [4.69, 9.17) is 10.5 Å². The Bertz CT molecular complexity index is 597. The molecule has 0 aliphatic rings. The molecule has 0 radical (unpaired) electrons. The van der Waals surface area contributed by atoms with Gasteiger partial charge in [-0.25, -0.2) is 0 Å². The van der Waals surface area contributed by atoms with Gasteiger partial charge in [0.2, 0.25) is 5.91 Å². The average molecular weight is 312 g/mol. The average Bonchev–Trinajstić information content (AvgIpc) is 2.57. The third kappa shape index (κ3) is 5.85. The Kier molecular flexibility index (Phi) is 6.78. The predicted octanol–water partition coefficient (Wildman–Crippen LogP) is 3.47. The van der Waals surface area contributed by atoms with E-state index in [1.165, 1.54) is 0 Å². The lowest BCUT2D eigenvalue weighted by Gasteiger charge is -2.11. The Morgan fingerprint density at radius 1 is 1.04 bits per heavy atom. The number of hydrogen-bond acceptors (Lipinski definition) is 3. The van der Waals surface area contributed by atoms with Crippen LogP contribution in [0.2, 0.25) is 0 Å². The molecule has 0 bridgehead atoms. The van der Waals surface area contributed by atoms with Gasteiger partial charge >= 0.3 is 0 Å². The number of ether oxygens (including phenoxy) is 1. The van der Waals surface area contributed by atoms with Gasteiger partial charge in [-0.05, 0) is 29.7 Å². The zero-order valence-electron chi connectivity index (χ0n) is 13.5. The van der Waals surface area contributed by atoms with E-state index in [9.17, 15) is 4.79 Å². The number of nitrogens with one attached hydrogen (secondary N) is 1. The molecule has 122 valence electrons. The van der Waals surface area contributed by atoms with Gasteiger partial charge in [-0.3, -0.25) is 4.79 Å². The van der Waals surface area contributed by atoms with E-state index in [0.29, 0.717) is 19.6 Å². The Balaban J connectivity index is 1.79. The fourth-order valence-electron chi connectivity index (χ4n) is 2.22. The zero-order valence-corrected chi connectivity index (χ0v) is 13.5. The molecule has 0 aliphatic heterocycles. The molecule has 0 spiro atoms. The lowest BCUT2D eigenvalue weighted by molar-refractivity contribution is -0.117. The maximum Gasteiger partial charge on any atom is 0.241 e. The van der Waals surface area contributed by atoms with Crippen LogP contribution in [0.5, 0.6) is 0 Å². The van der Waals surface area contributed by atoms with Crippen molar-refractivity contribution >= 4 is 11.6 Å². The summed E-state index contributed by atoms with van der Waals surface area (Å²) in [5.74, 6) is -0.139. The fourth-order valence-corrected chi connectivity index (χ4v) is 2.22. The highest BCUT2D eigenvalue weighted by atomic mass is 16.5. The van der Waals surface area contributed by atoms with Crippen molar-refractivity contribution in [2.45, 2.75) is 39.0 Å². The predicted molar refractivity (Wildman–Crippen MR) is 92.9 cm³/mol. The molecule has 2 aromatic carbocycles. The molecule has 1 amide bonds. The van der Waals surface area contributed by atoms with Crippen LogP contribution in [-0.2, 0) is 22.7 Å². The van der Waals surface area contributed by atoms with Crippen LogP contribution in [0.1, 0.15) is 30.9 Å². The molecule has 0 aliphatic carbocycles. The van der Waals surface area contributed by atoms with Crippen LogP contribution in [0.25, 0.3) is 0 Å². The van der Waals surface area contributed by atoms with Crippen molar-refractivity contribution in [2.24, 2.45) is 5.73 Å². The second kappa shape index (κ2) is 9.08. The van der Waals surface area contributed by atoms with Gasteiger partial charge in [0.25, 0.3) is 0 Å². The highest BCUT2D eigenvalue weighted by Gasteiger charge is 2.11. The molecule has 2 aromatic rings. The maximum atomic E-state index is 11.9. The first kappa shape index (κ1) is 17.2. The lowest BCUT2D eigenvalue weighted by atomic mass is 10.1. The molecule has 3 N–H and O–H groups in total. The van der Waals surface area contributed by atoms with Crippen molar-refractivity contribution in [3.05, 3.63) is 65.7 Å². The number of amides is 1. The van der Waals surface area contributed by atoms with Crippen molar-refractivity contribution in [1.29, 1.82) is 0 Å². The lowest BCUT2D eigenvalue weighted by Crippen LogP contribution is -2.35. The molecule has 4 heteroatoms. The highest BCUT2D eigenvalue weighted by molar-refractivity contribution is 5.94. The van der Waals surface area contributed by atoms with Crippen LogP contribution in [0.3, 0.4) is 0 Å². The van der Waals surface area contributed by atoms with Gasteiger partial charge in [-0.15, -0.1) is 0 Å². The minimum atomic E-state index is -0.450. The smallest absolute Gasteiger partial charge is 0.241 e. The van der Waals surface area contributed by atoms with Crippen LogP contribution in [0, 0.1) is 0 Å². The van der Waals surface area contributed by atoms with E-state index in [1.54, 1.807) is 0 Å². The van der Waals surface area contributed by atoms with Crippen molar-refractivity contribution in [3.8, 4) is 0 Å². The molecule has 0 aromatic heterocycles. The summed E-state index contributed by atoms with van der Waals surface area (Å²) in [4.78, 5) is 11.9. The molecule has 0 heterocycles. The van der Waals surface area contributed by atoms with E-state index < -0.39 is 6.04 Å². The van der Waals surface area contributed by atoms with Crippen LogP contribution in [0.4, 0.5) is 5.69 Å². The molecule has 0 fully saturated rings. The number of anilines is 1. The van der Waals surface area contributed by atoms with Gasteiger partial charge in [-0.1, -0.05) is 55.8 Å². The molecule has 23 heavy (non-hydrogen) atoms. The monoisotopic (exact) mass is 312 g/mol. The van der Waals surface area contributed by atoms with E-state index >= 15 is 0 Å². The third-order valence-corrected chi connectivity index (χ3v) is 3.54. The van der Waals surface area contributed by atoms with E-state index in [2.05, 4.69) is 5.32 Å². The number of carbonyl (C=O) groups is 1. The molecule has 4 nitrogen and oxygen atoms in total. The third-order valence-electron chi connectivity index (χ3n) is 3.54. The second-order valence-electron chi connectivity index (χ2n) is 5.56. The fraction of sp³-hybridized carbons (Fsp3) is 0.316. The normalized spacial score (nSPS) is 11.9.